The number of hydrazone groups is 1. The molecular formula is C19H21N3O4. The van der Waals surface area contributed by atoms with Crippen LogP contribution in [0.5, 0.6) is 5.75 Å². The van der Waals surface area contributed by atoms with E-state index in [1.54, 1.807) is 6.92 Å². The summed E-state index contributed by atoms with van der Waals surface area (Å²) in [4.78, 5) is 23.9. The normalized spacial score (nSPS) is 17.0. The van der Waals surface area contributed by atoms with Gasteiger partial charge >= 0.3 is 0 Å². The molecule has 0 saturated carbocycles. The second kappa shape index (κ2) is 6.33. The van der Waals surface area contributed by atoms with Crippen molar-refractivity contribution in [2.24, 2.45) is 16.3 Å². The van der Waals surface area contributed by atoms with Crippen molar-refractivity contribution in [2.75, 3.05) is 0 Å². The molecule has 1 aliphatic rings. The van der Waals surface area contributed by atoms with Gasteiger partial charge in [-0.25, -0.2) is 5.43 Å². The van der Waals surface area contributed by atoms with E-state index in [0.717, 1.165) is 5.56 Å². The van der Waals surface area contributed by atoms with E-state index in [4.69, 9.17) is 10.2 Å². The Hall–Kier alpha value is -3.09. The smallest absolute Gasteiger partial charge is 0.284 e. The standard InChI is InChI=1S/C19H21N3O4/c1-10-15-13(21-22-18(25)11-4-6-12(23)7-5-11)8-19(2,3)9-14(15)26-16(10)17(20)24/h4-7,23H,8-9H2,1-3H3,(H2,20,24)(H,22,25)/b21-13+. The van der Waals surface area contributed by atoms with Crippen LogP contribution in [0.2, 0.25) is 0 Å². The van der Waals surface area contributed by atoms with Gasteiger partial charge in [-0.05, 0) is 43.0 Å². The molecule has 0 unspecified atom stereocenters. The Bertz CT molecular complexity index is 908. The average Bonchev–Trinajstić information content (AvgIpc) is 2.88. The molecule has 4 N–H and O–H groups in total. The topological polar surface area (TPSA) is 118 Å². The number of nitrogens with two attached hydrogens (primary N) is 1. The zero-order valence-corrected chi connectivity index (χ0v) is 14.9. The first kappa shape index (κ1) is 17.7. The van der Waals surface area contributed by atoms with E-state index in [-0.39, 0.29) is 16.9 Å². The number of primary amides is 1. The van der Waals surface area contributed by atoms with Gasteiger partial charge < -0.3 is 15.3 Å². The number of furan rings is 1. The van der Waals surface area contributed by atoms with E-state index in [9.17, 15) is 14.7 Å². The van der Waals surface area contributed by atoms with Crippen LogP contribution < -0.4 is 11.2 Å². The van der Waals surface area contributed by atoms with Gasteiger partial charge in [0.25, 0.3) is 11.8 Å². The van der Waals surface area contributed by atoms with Crippen molar-refractivity contribution in [2.45, 2.75) is 33.6 Å². The molecule has 1 aromatic heterocycles. The first-order chi connectivity index (χ1) is 12.2. The van der Waals surface area contributed by atoms with Crippen LogP contribution in [0.4, 0.5) is 0 Å². The summed E-state index contributed by atoms with van der Waals surface area (Å²) >= 11 is 0. The van der Waals surface area contributed by atoms with Gasteiger partial charge in [0.2, 0.25) is 0 Å². The summed E-state index contributed by atoms with van der Waals surface area (Å²) in [6, 6.07) is 5.89. The summed E-state index contributed by atoms with van der Waals surface area (Å²) in [6.07, 6.45) is 1.27. The van der Waals surface area contributed by atoms with Crippen LogP contribution in [0.3, 0.4) is 0 Å². The van der Waals surface area contributed by atoms with E-state index in [0.29, 0.717) is 35.4 Å². The fourth-order valence-corrected chi connectivity index (χ4v) is 3.24. The third-order valence-corrected chi connectivity index (χ3v) is 4.44. The third-order valence-electron chi connectivity index (χ3n) is 4.44. The number of nitrogens with one attached hydrogen (secondary N) is 1. The molecular weight excluding hydrogens is 334 g/mol. The number of nitrogens with zero attached hydrogens (tertiary/aromatic N) is 1. The van der Waals surface area contributed by atoms with Crippen molar-refractivity contribution in [3.8, 4) is 5.75 Å². The van der Waals surface area contributed by atoms with Crippen LogP contribution in [0.1, 0.15) is 58.1 Å². The third kappa shape index (κ3) is 3.33. The van der Waals surface area contributed by atoms with Gasteiger partial charge in [-0.2, -0.15) is 5.10 Å². The summed E-state index contributed by atoms with van der Waals surface area (Å²) in [5.41, 5.74) is 10.2. The SMILES string of the molecule is Cc1c(C(N)=O)oc2c1/C(=N/NC(=O)c1ccc(O)cc1)CC(C)(C)C2. The highest BCUT2D eigenvalue weighted by Crippen LogP contribution is 2.38. The molecule has 1 aliphatic carbocycles. The van der Waals surface area contributed by atoms with Crippen molar-refractivity contribution >= 4 is 17.5 Å². The van der Waals surface area contributed by atoms with E-state index < -0.39 is 11.8 Å². The molecule has 1 aromatic carbocycles. The number of carbonyl (C=O) groups is 2. The maximum absolute atomic E-state index is 12.3. The lowest BCUT2D eigenvalue weighted by Crippen LogP contribution is -2.29. The molecule has 1 heterocycles. The summed E-state index contributed by atoms with van der Waals surface area (Å²) in [7, 11) is 0. The van der Waals surface area contributed by atoms with Crippen molar-refractivity contribution in [3.63, 3.8) is 0 Å². The Labute approximate surface area is 150 Å². The van der Waals surface area contributed by atoms with Gasteiger partial charge in [0.15, 0.2) is 5.76 Å². The molecule has 3 rings (SSSR count). The number of hydrogen-bond donors (Lipinski definition) is 3. The fraction of sp³-hybridized carbons (Fsp3) is 0.316. The predicted octanol–water partition coefficient (Wildman–Crippen LogP) is 2.50. The van der Waals surface area contributed by atoms with Crippen LogP contribution in [-0.4, -0.2) is 22.6 Å². The van der Waals surface area contributed by atoms with Crippen LogP contribution in [0, 0.1) is 12.3 Å². The maximum atomic E-state index is 12.3. The fourth-order valence-electron chi connectivity index (χ4n) is 3.24. The Morgan fingerprint density at radius 3 is 2.50 bits per heavy atom. The highest BCUT2D eigenvalue weighted by atomic mass is 16.4. The number of amides is 2. The Kier molecular flexibility index (Phi) is 4.31. The number of hydrogen-bond acceptors (Lipinski definition) is 5. The number of benzene rings is 1. The minimum absolute atomic E-state index is 0.0829. The number of phenols is 1. The molecule has 2 amide bonds. The van der Waals surface area contributed by atoms with E-state index in [1.165, 1.54) is 24.3 Å². The lowest BCUT2D eigenvalue weighted by molar-refractivity contribution is 0.0951. The highest BCUT2D eigenvalue weighted by Gasteiger charge is 2.35. The van der Waals surface area contributed by atoms with Crippen molar-refractivity contribution in [1.82, 2.24) is 5.43 Å². The van der Waals surface area contributed by atoms with Gasteiger partial charge in [0, 0.05) is 23.1 Å². The molecule has 0 spiro atoms. The monoisotopic (exact) mass is 355 g/mol. The lowest BCUT2D eigenvalue weighted by Gasteiger charge is -2.29. The van der Waals surface area contributed by atoms with Crippen molar-refractivity contribution in [1.29, 1.82) is 0 Å². The molecule has 7 nitrogen and oxygen atoms in total. The molecule has 0 bridgehead atoms. The lowest BCUT2D eigenvalue weighted by atomic mass is 9.75. The van der Waals surface area contributed by atoms with Gasteiger partial charge in [-0.1, -0.05) is 13.8 Å². The molecule has 0 saturated heterocycles. The summed E-state index contributed by atoms with van der Waals surface area (Å²) < 4.78 is 5.67. The quantitative estimate of drug-likeness (QED) is 0.733. The van der Waals surface area contributed by atoms with Crippen LogP contribution >= 0.6 is 0 Å². The first-order valence-corrected chi connectivity index (χ1v) is 8.26. The van der Waals surface area contributed by atoms with E-state index in [1.807, 2.05) is 0 Å². The zero-order valence-electron chi connectivity index (χ0n) is 14.9. The minimum atomic E-state index is -0.623. The summed E-state index contributed by atoms with van der Waals surface area (Å²) in [5.74, 6) is -0.143. The second-order valence-electron chi connectivity index (χ2n) is 7.28. The van der Waals surface area contributed by atoms with Gasteiger partial charge in [-0.3, -0.25) is 9.59 Å². The molecule has 7 heteroatoms. The minimum Gasteiger partial charge on any atom is -0.508 e. The average molecular weight is 355 g/mol. The van der Waals surface area contributed by atoms with Gasteiger partial charge in [0.1, 0.15) is 11.5 Å². The number of phenolic OH excluding ortho intramolecular Hbond substituents is 1. The van der Waals surface area contributed by atoms with Gasteiger partial charge in [-0.15, -0.1) is 0 Å². The largest absolute Gasteiger partial charge is 0.508 e. The molecule has 0 radical (unpaired) electrons. The Morgan fingerprint density at radius 2 is 1.88 bits per heavy atom. The number of fused-ring (bicyclic) bond motifs is 1. The van der Waals surface area contributed by atoms with E-state index >= 15 is 0 Å². The number of rotatable bonds is 3. The zero-order chi connectivity index (χ0) is 19.1. The Balaban J connectivity index is 1.94. The van der Waals surface area contributed by atoms with E-state index in [2.05, 4.69) is 24.4 Å². The molecule has 0 aliphatic heterocycles. The molecule has 0 fully saturated rings. The number of aromatic hydroxyl groups is 1. The maximum Gasteiger partial charge on any atom is 0.284 e. The number of carbonyl (C=O) groups excluding carboxylic acids is 2. The van der Waals surface area contributed by atoms with Crippen molar-refractivity contribution in [3.05, 3.63) is 52.5 Å². The molecule has 0 atom stereocenters. The van der Waals surface area contributed by atoms with Crippen LogP contribution in [0.15, 0.2) is 33.8 Å². The summed E-state index contributed by atoms with van der Waals surface area (Å²) in [6.45, 7) is 5.89. The molecule has 26 heavy (non-hydrogen) atoms. The summed E-state index contributed by atoms with van der Waals surface area (Å²) in [5, 5.41) is 13.6. The van der Waals surface area contributed by atoms with Crippen LogP contribution in [0.25, 0.3) is 0 Å². The highest BCUT2D eigenvalue weighted by molar-refractivity contribution is 6.07. The Morgan fingerprint density at radius 1 is 1.23 bits per heavy atom. The molecule has 136 valence electrons. The second-order valence-corrected chi connectivity index (χ2v) is 7.28. The predicted molar refractivity (Wildman–Crippen MR) is 96.2 cm³/mol. The first-order valence-electron chi connectivity index (χ1n) is 8.26. The van der Waals surface area contributed by atoms with Gasteiger partial charge in [0.05, 0.1) is 5.71 Å². The van der Waals surface area contributed by atoms with Crippen molar-refractivity contribution < 1.29 is 19.1 Å². The molecule has 2 aromatic rings. The van der Waals surface area contributed by atoms with Crippen LogP contribution in [-0.2, 0) is 6.42 Å².